The van der Waals surface area contributed by atoms with Crippen LogP contribution in [0.4, 0.5) is 5.69 Å². The molecule has 1 saturated heterocycles. The van der Waals surface area contributed by atoms with Crippen molar-refractivity contribution in [1.82, 2.24) is 5.43 Å². The van der Waals surface area contributed by atoms with Crippen LogP contribution in [0.5, 0.6) is 0 Å². The van der Waals surface area contributed by atoms with Crippen LogP contribution in [-0.2, 0) is 0 Å². The van der Waals surface area contributed by atoms with Crippen molar-refractivity contribution in [2.75, 3.05) is 18.0 Å². The largest absolute Gasteiger partial charge is 0.372 e. The van der Waals surface area contributed by atoms with Crippen LogP contribution in [0, 0.1) is 0 Å². The first kappa shape index (κ1) is 15.6. The van der Waals surface area contributed by atoms with E-state index in [0.29, 0.717) is 10.6 Å². The van der Waals surface area contributed by atoms with Gasteiger partial charge in [-0.1, -0.05) is 23.7 Å². The van der Waals surface area contributed by atoms with Gasteiger partial charge in [0.1, 0.15) is 0 Å². The van der Waals surface area contributed by atoms with E-state index in [1.165, 1.54) is 18.5 Å². The molecule has 5 heteroatoms. The third-order valence-electron chi connectivity index (χ3n) is 3.85. The number of nitrogens with zero attached hydrogens (tertiary/aromatic N) is 2. The molecule has 3 rings (SSSR count). The van der Waals surface area contributed by atoms with E-state index < -0.39 is 0 Å². The first-order chi connectivity index (χ1) is 11.2. The van der Waals surface area contributed by atoms with Crippen LogP contribution in [0.15, 0.2) is 53.6 Å². The Balaban J connectivity index is 1.58. The second-order valence-electron chi connectivity index (χ2n) is 5.49. The standard InChI is InChI=1S/C18H18ClN3O/c19-16-7-3-14(4-8-16)13-20-21-18(23)15-5-9-17(10-6-15)22-11-1-2-12-22/h3-10,13H,1-2,11-12H2,(H,21,23)/b20-13-. The van der Waals surface area contributed by atoms with Crippen molar-refractivity contribution in [2.24, 2.45) is 5.10 Å². The van der Waals surface area contributed by atoms with Crippen molar-refractivity contribution >= 4 is 29.4 Å². The normalized spacial score (nSPS) is 14.4. The van der Waals surface area contributed by atoms with Crippen LogP contribution in [0.2, 0.25) is 5.02 Å². The van der Waals surface area contributed by atoms with Crippen molar-refractivity contribution in [2.45, 2.75) is 12.8 Å². The summed E-state index contributed by atoms with van der Waals surface area (Å²) >= 11 is 5.82. The second-order valence-corrected chi connectivity index (χ2v) is 5.93. The molecule has 1 heterocycles. The molecule has 0 spiro atoms. The Morgan fingerprint density at radius 1 is 1.04 bits per heavy atom. The number of nitrogens with one attached hydrogen (secondary N) is 1. The molecule has 0 saturated carbocycles. The predicted octanol–water partition coefficient (Wildman–Crippen LogP) is 3.70. The lowest BCUT2D eigenvalue weighted by Gasteiger charge is -2.17. The minimum Gasteiger partial charge on any atom is -0.372 e. The Morgan fingerprint density at radius 2 is 1.70 bits per heavy atom. The fourth-order valence-corrected chi connectivity index (χ4v) is 2.70. The zero-order chi connectivity index (χ0) is 16.1. The number of hydrogen-bond acceptors (Lipinski definition) is 3. The van der Waals surface area contributed by atoms with Crippen molar-refractivity contribution in [3.63, 3.8) is 0 Å². The zero-order valence-corrected chi connectivity index (χ0v) is 13.5. The van der Waals surface area contributed by atoms with E-state index in [1.54, 1.807) is 18.3 Å². The molecule has 118 valence electrons. The molecule has 1 aliphatic heterocycles. The van der Waals surface area contributed by atoms with Gasteiger partial charge in [0.25, 0.3) is 5.91 Å². The fraction of sp³-hybridized carbons (Fsp3) is 0.222. The van der Waals surface area contributed by atoms with Crippen LogP contribution in [-0.4, -0.2) is 25.2 Å². The van der Waals surface area contributed by atoms with Crippen molar-refractivity contribution in [3.05, 3.63) is 64.7 Å². The minimum atomic E-state index is -0.219. The maximum atomic E-state index is 12.1. The number of amides is 1. The predicted molar refractivity (Wildman–Crippen MR) is 94.4 cm³/mol. The van der Waals surface area contributed by atoms with Gasteiger partial charge in [0.15, 0.2) is 0 Å². The fourth-order valence-electron chi connectivity index (χ4n) is 2.58. The minimum absolute atomic E-state index is 0.219. The summed E-state index contributed by atoms with van der Waals surface area (Å²) in [4.78, 5) is 14.4. The number of anilines is 1. The third-order valence-corrected chi connectivity index (χ3v) is 4.10. The van der Waals surface area contributed by atoms with Crippen molar-refractivity contribution in [3.8, 4) is 0 Å². The molecule has 0 atom stereocenters. The van der Waals surface area contributed by atoms with Crippen LogP contribution >= 0.6 is 11.6 Å². The van der Waals surface area contributed by atoms with E-state index in [-0.39, 0.29) is 5.91 Å². The molecule has 2 aromatic rings. The van der Waals surface area contributed by atoms with E-state index in [4.69, 9.17) is 11.6 Å². The van der Waals surface area contributed by atoms with Gasteiger partial charge in [-0.2, -0.15) is 5.10 Å². The average molecular weight is 328 g/mol. The number of benzene rings is 2. The maximum absolute atomic E-state index is 12.1. The lowest BCUT2D eigenvalue weighted by molar-refractivity contribution is 0.0955. The smallest absolute Gasteiger partial charge is 0.271 e. The number of hydrogen-bond donors (Lipinski definition) is 1. The average Bonchev–Trinajstić information content (AvgIpc) is 3.11. The van der Waals surface area contributed by atoms with Crippen LogP contribution in [0.3, 0.4) is 0 Å². The Morgan fingerprint density at radius 3 is 2.35 bits per heavy atom. The topological polar surface area (TPSA) is 44.7 Å². The second kappa shape index (κ2) is 7.29. The molecular formula is C18H18ClN3O. The number of rotatable bonds is 4. The van der Waals surface area contributed by atoms with E-state index in [2.05, 4.69) is 15.4 Å². The van der Waals surface area contributed by atoms with Gasteiger partial charge < -0.3 is 4.90 Å². The quantitative estimate of drug-likeness (QED) is 0.687. The Bertz CT molecular complexity index is 689. The molecule has 0 radical (unpaired) electrons. The number of carbonyl (C=O) groups excluding carboxylic acids is 1. The molecule has 1 N–H and O–H groups in total. The highest BCUT2D eigenvalue weighted by atomic mass is 35.5. The van der Waals surface area contributed by atoms with Crippen molar-refractivity contribution in [1.29, 1.82) is 0 Å². The van der Waals surface area contributed by atoms with Gasteiger partial charge in [-0.25, -0.2) is 5.43 Å². The molecule has 0 bridgehead atoms. The molecule has 0 aliphatic carbocycles. The van der Waals surface area contributed by atoms with Gasteiger partial charge in [0, 0.05) is 29.4 Å². The number of hydrazone groups is 1. The highest BCUT2D eigenvalue weighted by Crippen LogP contribution is 2.20. The molecule has 4 nitrogen and oxygen atoms in total. The summed E-state index contributed by atoms with van der Waals surface area (Å²) in [6.45, 7) is 2.19. The lowest BCUT2D eigenvalue weighted by atomic mass is 10.2. The Hall–Kier alpha value is -2.33. The van der Waals surface area contributed by atoms with Gasteiger partial charge in [0.05, 0.1) is 6.21 Å². The molecule has 0 unspecified atom stereocenters. The Kier molecular flexibility index (Phi) is 4.93. The monoisotopic (exact) mass is 327 g/mol. The van der Waals surface area contributed by atoms with Gasteiger partial charge in [0.2, 0.25) is 0 Å². The van der Waals surface area contributed by atoms with E-state index in [9.17, 15) is 4.79 Å². The third kappa shape index (κ3) is 4.11. The Labute approximate surface area is 140 Å². The summed E-state index contributed by atoms with van der Waals surface area (Å²) < 4.78 is 0. The van der Waals surface area contributed by atoms with Crippen LogP contribution in [0.25, 0.3) is 0 Å². The first-order valence-corrected chi connectivity index (χ1v) is 8.04. The van der Waals surface area contributed by atoms with Crippen LogP contribution < -0.4 is 10.3 Å². The highest BCUT2D eigenvalue weighted by molar-refractivity contribution is 6.30. The molecule has 2 aromatic carbocycles. The molecule has 23 heavy (non-hydrogen) atoms. The summed E-state index contributed by atoms with van der Waals surface area (Å²) in [5.74, 6) is -0.219. The molecular weight excluding hydrogens is 310 g/mol. The van der Waals surface area contributed by atoms with Crippen LogP contribution in [0.1, 0.15) is 28.8 Å². The summed E-state index contributed by atoms with van der Waals surface area (Å²) in [6, 6.07) is 14.9. The van der Waals surface area contributed by atoms with E-state index in [0.717, 1.165) is 18.7 Å². The summed E-state index contributed by atoms with van der Waals surface area (Å²) in [5.41, 5.74) is 5.18. The van der Waals surface area contributed by atoms with Crippen molar-refractivity contribution < 1.29 is 4.79 Å². The van der Waals surface area contributed by atoms with Gasteiger partial charge in [-0.15, -0.1) is 0 Å². The highest BCUT2D eigenvalue weighted by Gasteiger charge is 2.12. The number of halogens is 1. The SMILES string of the molecule is O=C(N/N=C\c1ccc(Cl)cc1)c1ccc(N2CCCC2)cc1. The molecule has 1 amide bonds. The summed E-state index contributed by atoms with van der Waals surface area (Å²) in [6.07, 6.45) is 4.07. The lowest BCUT2D eigenvalue weighted by Crippen LogP contribution is -2.19. The van der Waals surface area contributed by atoms with E-state index >= 15 is 0 Å². The first-order valence-electron chi connectivity index (χ1n) is 7.66. The summed E-state index contributed by atoms with van der Waals surface area (Å²) in [5, 5.41) is 4.64. The van der Waals surface area contributed by atoms with Gasteiger partial charge >= 0.3 is 0 Å². The number of carbonyl (C=O) groups is 1. The molecule has 0 aromatic heterocycles. The van der Waals surface area contributed by atoms with Gasteiger partial charge in [-0.3, -0.25) is 4.79 Å². The zero-order valence-electron chi connectivity index (χ0n) is 12.7. The van der Waals surface area contributed by atoms with E-state index in [1.807, 2.05) is 36.4 Å². The maximum Gasteiger partial charge on any atom is 0.271 e. The summed E-state index contributed by atoms with van der Waals surface area (Å²) in [7, 11) is 0. The molecule has 1 fully saturated rings. The molecule has 1 aliphatic rings. The van der Waals surface area contributed by atoms with Gasteiger partial charge in [-0.05, 0) is 54.8 Å².